The van der Waals surface area contributed by atoms with Crippen molar-refractivity contribution >= 4 is 34.9 Å². The second kappa shape index (κ2) is 3.30. The van der Waals surface area contributed by atoms with E-state index >= 15 is 0 Å². The molecule has 1 aliphatic rings. The zero-order valence-electron chi connectivity index (χ0n) is 7.29. The van der Waals surface area contributed by atoms with E-state index < -0.39 is 0 Å². The summed E-state index contributed by atoms with van der Waals surface area (Å²) in [5.74, 6) is 0.201. The number of hydrogen-bond donors (Lipinski definition) is 0. The lowest BCUT2D eigenvalue weighted by Crippen LogP contribution is -2.27. The van der Waals surface area contributed by atoms with Crippen LogP contribution in [0, 0.1) is 0 Å². The summed E-state index contributed by atoms with van der Waals surface area (Å²) in [4.78, 5) is 22.2. The SMILES string of the molecule is CC(C)(C)SN1C(=O)CSC1=O. The van der Waals surface area contributed by atoms with Crippen LogP contribution in [0.5, 0.6) is 0 Å². The first-order valence-electron chi connectivity index (χ1n) is 3.59. The minimum Gasteiger partial charge on any atom is -0.272 e. The van der Waals surface area contributed by atoms with E-state index in [-0.39, 0.29) is 15.9 Å². The Morgan fingerprint density at radius 1 is 1.42 bits per heavy atom. The van der Waals surface area contributed by atoms with Crippen molar-refractivity contribution in [2.75, 3.05) is 5.75 Å². The molecule has 1 saturated heterocycles. The molecule has 1 fully saturated rings. The fraction of sp³-hybridized carbons (Fsp3) is 0.714. The molecule has 1 rings (SSSR count). The van der Waals surface area contributed by atoms with Crippen molar-refractivity contribution in [2.24, 2.45) is 0 Å². The second-order valence-electron chi connectivity index (χ2n) is 3.45. The van der Waals surface area contributed by atoms with Crippen molar-refractivity contribution in [2.45, 2.75) is 25.5 Å². The molecule has 68 valence electrons. The summed E-state index contributed by atoms with van der Waals surface area (Å²) in [6.45, 7) is 5.92. The predicted molar refractivity (Wildman–Crippen MR) is 52.0 cm³/mol. The molecule has 0 bridgehead atoms. The number of carbonyl (C=O) groups excluding carboxylic acids is 2. The fourth-order valence-corrected chi connectivity index (χ4v) is 2.44. The first-order valence-corrected chi connectivity index (χ1v) is 5.35. The normalized spacial score (nSPS) is 19.1. The van der Waals surface area contributed by atoms with Gasteiger partial charge in [-0.05, 0) is 32.7 Å². The lowest BCUT2D eigenvalue weighted by Gasteiger charge is -2.22. The van der Waals surface area contributed by atoms with Crippen LogP contribution in [0.1, 0.15) is 20.8 Å². The molecule has 0 aromatic heterocycles. The van der Waals surface area contributed by atoms with Crippen molar-refractivity contribution in [3.8, 4) is 0 Å². The third-order valence-electron chi connectivity index (χ3n) is 1.08. The highest BCUT2D eigenvalue weighted by Crippen LogP contribution is 2.34. The Morgan fingerprint density at radius 3 is 2.33 bits per heavy atom. The van der Waals surface area contributed by atoms with Gasteiger partial charge in [0, 0.05) is 4.75 Å². The number of carbonyl (C=O) groups is 2. The van der Waals surface area contributed by atoms with E-state index in [0.717, 1.165) is 11.8 Å². The number of nitrogens with zero attached hydrogens (tertiary/aromatic N) is 1. The largest absolute Gasteiger partial charge is 0.299 e. The number of thioether (sulfide) groups is 1. The van der Waals surface area contributed by atoms with Gasteiger partial charge < -0.3 is 0 Å². The summed E-state index contributed by atoms with van der Waals surface area (Å²) in [5.41, 5.74) is 0. The zero-order chi connectivity index (χ0) is 9.35. The van der Waals surface area contributed by atoms with Crippen LogP contribution in [0.15, 0.2) is 0 Å². The van der Waals surface area contributed by atoms with Gasteiger partial charge in [-0.2, -0.15) is 0 Å². The van der Waals surface area contributed by atoms with E-state index in [1.54, 1.807) is 0 Å². The molecule has 0 aromatic rings. The van der Waals surface area contributed by atoms with E-state index in [9.17, 15) is 9.59 Å². The Labute approximate surface area is 80.4 Å². The number of rotatable bonds is 1. The van der Waals surface area contributed by atoms with Gasteiger partial charge in [-0.1, -0.05) is 11.8 Å². The molecule has 0 unspecified atom stereocenters. The third-order valence-corrected chi connectivity index (χ3v) is 3.11. The Bertz CT molecular complexity index is 206. The minimum absolute atomic E-state index is 0.0871. The highest BCUT2D eigenvalue weighted by atomic mass is 32.2. The average molecular weight is 205 g/mol. The van der Waals surface area contributed by atoms with Crippen LogP contribution in [-0.4, -0.2) is 26.0 Å². The molecule has 0 aromatic carbocycles. The molecule has 3 nitrogen and oxygen atoms in total. The highest BCUT2D eigenvalue weighted by molar-refractivity contribution is 8.16. The Hall–Kier alpha value is -0.160. The molecule has 0 aliphatic carbocycles. The smallest absolute Gasteiger partial charge is 0.272 e. The van der Waals surface area contributed by atoms with Crippen LogP contribution >= 0.6 is 23.7 Å². The monoisotopic (exact) mass is 205 g/mol. The molecule has 5 heteroatoms. The van der Waals surface area contributed by atoms with Crippen LogP contribution in [-0.2, 0) is 4.79 Å². The minimum atomic E-state index is -0.139. The standard InChI is InChI=1S/C7H11NO2S2/c1-7(2,3)12-8-5(9)4-11-6(8)10/h4H2,1-3H3. The van der Waals surface area contributed by atoms with Gasteiger partial charge in [-0.25, -0.2) is 4.31 Å². The molecule has 1 heterocycles. The summed E-state index contributed by atoms with van der Waals surface area (Å²) in [7, 11) is 0. The molecule has 0 saturated carbocycles. The Balaban J connectivity index is 2.62. The van der Waals surface area contributed by atoms with Crippen LogP contribution in [0.25, 0.3) is 0 Å². The van der Waals surface area contributed by atoms with Gasteiger partial charge in [0.25, 0.3) is 11.1 Å². The van der Waals surface area contributed by atoms with Crippen molar-refractivity contribution in [3.05, 3.63) is 0 Å². The predicted octanol–water partition coefficient (Wildman–Crippen LogP) is 2.13. The van der Waals surface area contributed by atoms with Gasteiger partial charge in [0.15, 0.2) is 0 Å². The summed E-state index contributed by atoms with van der Waals surface area (Å²) >= 11 is 2.36. The van der Waals surface area contributed by atoms with Gasteiger partial charge >= 0.3 is 0 Å². The fourth-order valence-electron chi connectivity index (χ4n) is 0.705. The maximum absolute atomic E-state index is 11.1. The van der Waals surface area contributed by atoms with Crippen LogP contribution in [0.3, 0.4) is 0 Å². The van der Waals surface area contributed by atoms with Gasteiger partial charge in [-0.3, -0.25) is 9.59 Å². The quantitative estimate of drug-likeness (QED) is 0.615. The molecule has 0 radical (unpaired) electrons. The van der Waals surface area contributed by atoms with Crippen molar-refractivity contribution in [1.82, 2.24) is 4.31 Å². The summed E-state index contributed by atoms with van der Waals surface area (Å²) in [6, 6.07) is 0. The van der Waals surface area contributed by atoms with Crippen LogP contribution in [0.4, 0.5) is 4.79 Å². The summed E-state index contributed by atoms with van der Waals surface area (Å²) in [5, 5.41) is -0.139. The van der Waals surface area contributed by atoms with Crippen molar-refractivity contribution in [1.29, 1.82) is 0 Å². The molecular formula is C7H11NO2S2. The van der Waals surface area contributed by atoms with E-state index in [4.69, 9.17) is 0 Å². The topological polar surface area (TPSA) is 37.4 Å². The van der Waals surface area contributed by atoms with Gasteiger partial charge in [0.1, 0.15) is 0 Å². The van der Waals surface area contributed by atoms with E-state index in [1.165, 1.54) is 16.3 Å². The van der Waals surface area contributed by atoms with Gasteiger partial charge in [0.2, 0.25) is 0 Å². The number of imide groups is 1. The van der Waals surface area contributed by atoms with Crippen LogP contribution < -0.4 is 0 Å². The Morgan fingerprint density at radius 2 is 2.00 bits per heavy atom. The third kappa shape index (κ3) is 2.42. The summed E-state index contributed by atoms with van der Waals surface area (Å²) in [6.07, 6.45) is 0. The first kappa shape index (κ1) is 9.92. The first-order chi connectivity index (χ1) is 5.40. The van der Waals surface area contributed by atoms with Gasteiger partial charge in [0.05, 0.1) is 5.75 Å². The second-order valence-corrected chi connectivity index (χ2v) is 6.15. The van der Waals surface area contributed by atoms with Gasteiger partial charge in [-0.15, -0.1) is 0 Å². The molecular weight excluding hydrogens is 194 g/mol. The molecule has 12 heavy (non-hydrogen) atoms. The zero-order valence-corrected chi connectivity index (χ0v) is 8.92. The van der Waals surface area contributed by atoms with E-state index in [1.807, 2.05) is 20.8 Å². The number of hydrogen-bond acceptors (Lipinski definition) is 4. The average Bonchev–Trinajstić information content (AvgIpc) is 2.16. The van der Waals surface area contributed by atoms with E-state index in [0.29, 0.717) is 5.75 Å². The maximum Gasteiger partial charge on any atom is 0.299 e. The number of amides is 2. The highest BCUT2D eigenvalue weighted by Gasteiger charge is 2.33. The van der Waals surface area contributed by atoms with Crippen molar-refractivity contribution in [3.63, 3.8) is 0 Å². The molecule has 0 spiro atoms. The molecule has 1 aliphatic heterocycles. The van der Waals surface area contributed by atoms with Crippen LogP contribution in [0.2, 0.25) is 0 Å². The molecule has 0 atom stereocenters. The van der Waals surface area contributed by atoms with E-state index in [2.05, 4.69) is 0 Å². The van der Waals surface area contributed by atoms with Crippen molar-refractivity contribution < 1.29 is 9.59 Å². The molecule has 0 N–H and O–H groups in total. The lowest BCUT2D eigenvalue weighted by molar-refractivity contribution is -0.120. The maximum atomic E-state index is 11.1. The Kier molecular flexibility index (Phi) is 2.73. The summed E-state index contributed by atoms with van der Waals surface area (Å²) < 4.78 is 1.17. The molecule has 2 amide bonds. The lowest BCUT2D eigenvalue weighted by atomic mass is 10.3.